The molecule has 0 aliphatic carbocycles. The summed E-state index contributed by atoms with van der Waals surface area (Å²) < 4.78 is 0. The van der Waals surface area contributed by atoms with Crippen LogP contribution >= 0.6 is 12.4 Å². The number of carbonyl (C=O) groups is 2. The van der Waals surface area contributed by atoms with Gasteiger partial charge in [0.25, 0.3) is 5.91 Å². The number of rotatable bonds is 6. The van der Waals surface area contributed by atoms with Crippen molar-refractivity contribution in [3.63, 3.8) is 0 Å². The molecule has 0 fully saturated rings. The first kappa shape index (κ1) is 20.9. The van der Waals surface area contributed by atoms with Crippen LogP contribution in [0.2, 0.25) is 0 Å². The van der Waals surface area contributed by atoms with Crippen molar-refractivity contribution in [3.8, 4) is 0 Å². The van der Waals surface area contributed by atoms with E-state index in [1.807, 2.05) is 32.0 Å². The van der Waals surface area contributed by atoms with Crippen LogP contribution in [0.15, 0.2) is 30.3 Å². The van der Waals surface area contributed by atoms with Crippen LogP contribution in [0.1, 0.15) is 44.0 Å². The third-order valence-corrected chi connectivity index (χ3v) is 3.83. The molecule has 0 radical (unpaired) electrons. The van der Waals surface area contributed by atoms with Crippen molar-refractivity contribution in [1.29, 1.82) is 0 Å². The fourth-order valence-corrected chi connectivity index (χ4v) is 2.58. The first-order chi connectivity index (χ1) is 11.4. The monoisotopic (exact) mass is 364 g/mol. The van der Waals surface area contributed by atoms with E-state index in [-0.39, 0.29) is 24.2 Å². The number of halogens is 1. The fourth-order valence-electron chi connectivity index (χ4n) is 2.58. The van der Waals surface area contributed by atoms with E-state index in [1.54, 1.807) is 19.1 Å². The summed E-state index contributed by atoms with van der Waals surface area (Å²) in [4.78, 5) is 29.1. The Bertz CT molecular complexity index is 762. The Balaban J connectivity index is 0.00000312. The molecule has 25 heavy (non-hydrogen) atoms. The zero-order valence-corrected chi connectivity index (χ0v) is 15.6. The third kappa shape index (κ3) is 4.90. The molecular formula is C18H25ClN4O2. The summed E-state index contributed by atoms with van der Waals surface area (Å²) in [6.45, 7) is 6.04. The van der Waals surface area contributed by atoms with Crippen LogP contribution in [0, 0.1) is 0 Å². The predicted molar refractivity (Wildman–Crippen MR) is 103 cm³/mol. The zero-order valence-electron chi connectivity index (χ0n) is 14.8. The van der Waals surface area contributed by atoms with Crippen LogP contribution in [0.5, 0.6) is 0 Å². The molecule has 1 aromatic carbocycles. The number of pyridine rings is 1. The van der Waals surface area contributed by atoms with Crippen LogP contribution in [0.25, 0.3) is 10.9 Å². The van der Waals surface area contributed by atoms with E-state index < -0.39 is 5.54 Å². The lowest BCUT2D eigenvalue weighted by Gasteiger charge is -2.22. The van der Waals surface area contributed by atoms with Crippen molar-refractivity contribution in [3.05, 3.63) is 35.9 Å². The first-order valence-electron chi connectivity index (χ1n) is 8.17. The van der Waals surface area contributed by atoms with E-state index in [9.17, 15) is 9.59 Å². The Morgan fingerprint density at radius 1 is 1.24 bits per heavy atom. The molecule has 0 aliphatic rings. The van der Waals surface area contributed by atoms with E-state index in [1.165, 1.54) is 0 Å². The van der Waals surface area contributed by atoms with Gasteiger partial charge in [0.1, 0.15) is 5.82 Å². The molecular weight excluding hydrogens is 340 g/mol. The van der Waals surface area contributed by atoms with Crippen LogP contribution in [-0.4, -0.2) is 28.9 Å². The standard InChI is InChI=1S/C18H24N4O2.ClH/c1-4-10-18(3,19)17(24)22-15-11-13(16(23)20-5-2)12-8-6-7-9-14(12)21-15;/h6-9,11H,4-5,10,19H2,1-3H3,(H,20,23)(H,21,22,24);1H. The maximum Gasteiger partial charge on any atom is 0.252 e. The van der Waals surface area contributed by atoms with Gasteiger partial charge in [0.2, 0.25) is 5.91 Å². The molecule has 1 atom stereocenters. The molecule has 2 rings (SSSR count). The summed E-state index contributed by atoms with van der Waals surface area (Å²) in [5, 5.41) is 6.26. The van der Waals surface area contributed by atoms with Crippen LogP contribution in [-0.2, 0) is 4.79 Å². The van der Waals surface area contributed by atoms with Crippen molar-refractivity contribution < 1.29 is 9.59 Å². The molecule has 136 valence electrons. The number of carbonyl (C=O) groups excluding carboxylic acids is 2. The molecule has 0 aliphatic heterocycles. The lowest BCUT2D eigenvalue weighted by atomic mass is 9.96. The van der Waals surface area contributed by atoms with Gasteiger partial charge in [-0.25, -0.2) is 4.98 Å². The molecule has 7 heteroatoms. The van der Waals surface area contributed by atoms with Gasteiger partial charge < -0.3 is 16.4 Å². The van der Waals surface area contributed by atoms with Crippen molar-refractivity contribution in [2.75, 3.05) is 11.9 Å². The molecule has 0 saturated heterocycles. The Morgan fingerprint density at radius 2 is 1.92 bits per heavy atom. The molecule has 2 aromatic rings. The summed E-state index contributed by atoms with van der Waals surface area (Å²) in [5.74, 6) is -0.183. The average Bonchev–Trinajstić information content (AvgIpc) is 2.54. The number of nitrogens with two attached hydrogens (primary N) is 1. The molecule has 0 bridgehead atoms. The van der Waals surface area contributed by atoms with Crippen molar-refractivity contribution in [2.24, 2.45) is 5.73 Å². The Hall–Kier alpha value is -2.18. The van der Waals surface area contributed by atoms with Gasteiger partial charge >= 0.3 is 0 Å². The highest BCUT2D eigenvalue weighted by Gasteiger charge is 2.27. The third-order valence-electron chi connectivity index (χ3n) is 3.83. The average molecular weight is 365 g/mol. The number of para-hydroxylation sites is 1. The number of anilines is 1. The topological polar surface area (TPSA) is 97.1 Å². The molecule has 1 heterocycles. The van der Waals surface area contributed by atoms with Gasteiger partial charge in [-0.05, 0) is 32.4 Å². The maximum absolute atomic E-state index is 12.4. The quantitative estimate of drug-likeness (QED) is 0.734. The van der Waals surface area contributed by atoms with E-state index in [2.05, 4.69) is 15.6 Å². The zero-order chi connectivity index (χ0) is 17.7. The van der Waals surface area contributed by atoms with Gasteiger partial charge in [-0.2, -0.15) is 0 Å². The highest BCUT2D eigenvalue weighted by atomic mass is 35.5. The summed E-state index contributed by atoms with van der Waals surface area (Å²) in [7, 11) is 0. The molecule has 1 unspecified atom stereocenters. The minimum absolute atomic E-state index is 0. The van der Waals surface area contributed by atoms with Gasteiger partial charge in [-0.1, -0.05) is 31.5 Å². The number of hydrogen-bond donors (Lipinski definition) is 3. The smallest absolute Gasteiger partial charge is 0.252 e. The molecule has 4 N–H and O–H groups in total. The second kappa shape index (κ2) is 8.78. The van der Waals surface area contributed by atoms with Gasteiger partial charge in [-0.15, -0.1) is 12.4 Å². The van der Waals surface area contributed by atoms with Crippen LogP contribution in [0.3, 0.4) is 0 Å². The minimum atomic E-state index is -0.978. The molecule has 2 amide bonds. The van der Waals surface area contributed by atoms with E-state index in [0.717, 1.165) is 11.8 Å². The molecule has 1 aromatic heterocycles. The second-order valence-corrected chi connectivity index (χ2v) is 6.05. The van der Waals surface area contributed by atoms with Crippen LogP contribution < -0.4 is 16.4 Å². The number of aromatic nitrogens is 1. The largest absolute Gasteiger partial charge is 0.352 e. The van der Waals surface area contributed by atoms with Gasteiger partial charge in [-0.3, -0.25) is 9.59 Å². The Kier molecular flexibility index (Phi) is 7.33. The molecule has 0 spiro atoms. The summed E-state index contributed by atoms with van der Waals surface area (Å²) >= 11 is 0. The normalized spacial score (nSPS) is 12.8. The van der Waals surface area contributed by atoms with E-state index in [4.69, 9.17) is 5.73 Å². The summed E-state index contributed by atoms with van der Waals surface area (Å²) in [6.07, 6.45) is 1.37. The minimum Gasteiger partial charge on any atom is -0.352 e. The molecule has 6 nitrogen and oxygen atoms in total. The first-order valence-corrected chi connectivity index (χ1v) is 8.17. The summed E-state index contributed by atoms with van der Waals surface area (Å²) in [5.41, 5.74) is 6.20. The van der Waals surface area contributed by atoms with Gasteiger partial charge in [0, 0.05) is 11.9 Å². The van der Waals surface area contributed by atoms with Crippen LogP contribution in [0.4, 0.5) is 5.82 Å². The van der Waals surface area contributed by atoms with Crippen molar-refractivity contribution in [1.82, 2.24) is 10.3 Å². The predicted octanol–water partition coefficient (Wildman–Crippen LogP) is 2.86. The second-order valence-electron chi connectivity index (χ2n) is 6.05. The highest BCUT2D eigenvalue weighted by Crippen LogP contribution is 2.22. The van der Waals surface area contributed by atoms with E-state index in [0.29, 0.717) is 29.9 Å². The maximum atomic E-state index is 12.4. The fraction of sp³-hybridized carbons (Fsp3) is 0.389. The number of nitrogens with zero attached hydrogens (tertiary/aromatic N) is 1. The van der Waals surface area contributed by atoms with Crippen molar-refractivity contribution in [2.45, 2.75) is 39.2 Å². The SMILES string of the molecule is CCCC(C)(N)C(=O)Nc1cc(C(=O)NCC)c2ccccc2n1.Cl. The number of amides is 2. The number of fused-ring (bicyclic) bond motifs is 1. The van der Waals surface area contributed by atoms with Gasteiger partial charge in [0.05, 0.1) is 16.6 Å². The summed E-state index contributed by atoms with van der Waals surface area (Å²) in [6, 6.07) is 8.92. The Labute approximate surface area is 154 Å². The van der Waals surface area contributed by atoms with Crippen molar-refractivity contribution >= 4 is 40.9 Å². The molecule has 0 saturated carbocycles. The lowest BCUT2D eigenvalue weighted by Crippen LogP contribution is -2.48. The van der Waals surface area contributed by atoms with Gasteiger partial charge in [0.15, 0.2) is 0 Å². The number of benzene rings is 1. The number of hydrogen-bond acceptors (Lipinski definition) is 4. The number of nitrogens with one attached hydrogen (secondary N) is 2. The highest BCUT2D eigenvalue weighted by molar-refractivity contribution is 6.08. The van der Waals surface area contributed by atoms with E-state index >= 15 is 0 Å². The Morgan fingerprint density at radius 3 is 2.56 bits per heavy atom. The lowest BCUT2D eigenvalue weighted by molar-refractivity contribution is -0.120.